The summed E-state index contributed by atoms with van der Waals surface area (Å²) in [5.74, 6) is 0.890. The van der Waals surface area contributed by atoms with Crippen LogP contribution in [0.1, 0.15) is 53.1 Å². The molecule has 35 heavy (non-hydrogen) atoms. The standard InChI is InChI=1S/C25H27ClN6O3/c1-13-18(26)10-17(15(3)32-25-22(14(2)31-32)24(27)29-12-30-25)23(35-4)21(13)16-7-8-19(28-11-16)20(34)6-5-9-33/h7-8,10-12,15,33H,5-6,9H2,1-4H3,(H2,27,29,30). The second kappa shape index (κ2) is 9.97. The molecule has 0 fully saturated rings. The molecular formula is C25H27ClN6O3. The van der Waals surface area contributed by atoms with Crippen LogP contribution in [-0.4, -0.2) is 49.3 Å². The number of aryl methyl sites for hydroxylation is 1. The van der Waals surface area contributed by atoms with Crippen molar-refractivity contribution in [3.8, 4) is 16.9 Å². The van der Waals surface area contributed by atoms with E-state index in [0.717, 1.165) is 27.9 Å². The zero-order valence-corrected chi connectivity index (χ0v) is 20.8. The van der Waals surface area contributed by atoms with Crippen LogP contribution in [0, 0.1) is 13.8 Å². The fraction of sp³-hybridized carbons (Fsp3) is 0.320. The molecule has 1 aromatic carbocycles. The number of anilines is 1. The van der Waals surface area contributed by atoms with Crippen molar-refractivity contribution in [3.05, 3.63) is 58.3 Å². The Balaban J connectivity index is 1.83. The molecule has 0 saturated carbocycles. The van der Waals surface area contributed by atoms with E-state index in [1.54, 1.807) is 24.1 Å². The number of pyridine rings is 1. The number of aliphatic hydroxyl groups excluding tert-OH is 1. The van der Waals surface area contributed by atoms with Crippen molar-refractivity contribution in [1.82, 2.24) is 24.7 Å². The molecule has 3 N–H and O–H groups in total. The largest absolute Gasteiger partial charge is 0.496 e. The second-order valence-electron chi connectivity index (χ2n) is 8.33. The topological polar surface area (TPSA) is 129 Å². The maximum Gasteiger partial charge on any atom is 0.181 e. The Labute approximate surface area is 207 Å². The van der Waals surface area contributed by atoms with Crippen LogP contribution in [0.2, 0.25) is 5.02 Å². The number of ketones is 1. The lowest BCUT2D eigenvalue weighted by Crippen LogP contribution is -2.12. The minimum absolute atomic E-state index is 0.0343. The SMILES string of the molecule is COc1c(C(C)n2nc(C)c3c(N)ncnc32)cc(Cl)c(C)c1-c1ccc(C(=O)CCCO)nc1. The molecule has 0 aliphatic rings. The number of methoxy groups -OCH3 is 1. The lowest BCUT2D eigenvalue weighted by Gasteiger charge is -2.22. The molecule has 0 saturated heterocycles. The molecule has 0 aliphatic carbocycles. The first kappa shape index (κ1) is 24.6. The molecule has 3 heterocycles. The van der Waals surface area contributed by atoms with Gasteiger partial charge in [0.15, 0.2) is 11.4 Å². The molecule has 4 rings (SSSR count). The lowest BCUT2D eigenvalue weighted by atomic mass is 9.94. The van der Waals surface area contributed by atoms with Gasteiger partial charge in [0.05, 0.1) is 24.2 Å². The van der Waals surface area contributed by atoms with Gasteiger partial charge in [-0.25, -0.2) is 14.6 Å². The summed E-state index contributed by atoms with van der Waals surface area (Å²) in [7, 11) is 1.61. The predicted molar refractivity (Wildman–Crippen MR) is 135 cm³/mol. The van der Waals surface area contributed by atoms with Crippen molar-refractivity contribution < 1.29 is 14.6 Å². The summed E-state index contributed by atoms with van der Waals surface area (Å²) >= 11 is 6.69. The van der Waals surface area contributed by atoms with Crippen LogP contribution >= 0.6 is 11.6 Å². The van der Waals surface area contributed by atoms with Crippen molar-refractivity contribution in [2.75, 3.05) is 19.5 Å². The van der Waals surface area contributed by atoms with Gasteiger partial charge in [-0.05, 0) is 44.9 Å². The van der Waals surface area contributed by atoms with Gasteiger partial charge >= 0.3 is 0 Å². The summed E-state index contributed by atoms with van der Waals surface area (Å²) in [6.45, 7) is 5.73. The Morgan fingerprint density at radius 3 is 2.69 bits per heavy atom. The zero-order valence-electron chi connectivity index (χ0n) is 20.0. The van der Waals surface area contributed by atoms with Crippen LogP contribution in [0.4, 0.5) is 5.82 Å². The lowest BCUT2D eigenvalue weighted by molar-refractivity contribution is 0.0966. The molecule has 1 atom stereocenters. The maximum absolute atomic E-state index is 12.3. The van der Waals surface area contributed by atoms with Crippen LogP contribution in [0.15, 0.2) is 30.7 Å². The quantitative estimate of drug-likeness (QED) is 0.346. The first-order valence-corrected chi connectivity index (χ1v) is 11.6. The van der Waals surface area contributed by atoms with E-state index in [4.69, 9.17) is 27.2 Å². The Morgan fingerprint density at radius 1 is 1.26 bits per heavy atom. The average Bonchev–Trinajstić information content (AvgIpc) is 3.21. The third-order valence-corrected chi connectivity index (χ3v) is 6.51. The van der Waals surface area contributed by atoms with Crippen LogP contribution in [-0.2, 0) is 0 Å². The Hall–Kier alpha value is -3.56. The fourth-order valence-corrected chi connectivity index (χ4v) is 4.48. The number of aliphatic hydroxyl groups is 1. The molecule has 0 aliphatic heterocycles. The number of nitrogens with two attached hydrogens (primary N) is 1. The average molecular weight is 495 g/mol. The fourth-order valence-electron chi connectivity index (χ4n) is 4.27. The molecule has 0 radical (unpaired) electrons. The molecule has 10 heteroatoms. The van der Waals surface area contributed by atoms with Crippen molar-refractivity contribution in [2.24, 2.45) is 0 Å². The first-order valence-electron chi connectivity index (χ1n) is 11.2. The Morgan fingerprint density at radius 2 is 2.03 bits per heavy atom. The summed E-state index contributed by atoms with van der Waals surface area (Å²) in [5.41, 5.74) is 11.0. The molecule has 0 amide bonds. The van der Waals surface area contributed by atoms with Gasteiger partial charge in [0, 0.05) is 40.9 Å². The summed E-state index contributed by atoms with van der Waals surface area (Å²) in [6, 6.07) is 5.09. The monoisotopic (exact) mass is 494 g/mol. The highest BCUT2D eigenvalue weighted by Crippen LogP contribution is 2.43. The third kappa shape index (κ3) is 4.44. The van der Waals surface area contributed by atoms with E-state index < -0.39 is 0 Å². The summed E-state index contributed by atoms with van der Waals surface area (Å²) in [6.07, 6.45) is 3.71. The van der Waals surface area contributed by atoms with E-state index >= 15 is 0 Å². The van der Waals surface area contributed by atoms with Crippen LogP contribution in [0.25, 0.3) is 22.2 Å². The predicted octanol–water partition coefficient (Wildman–Crippen LogP) is 4.31. The van der Waals surface area contributed by atoms with E-state index in [0.29, 0.717) is 39.7 Å². The highest BCUT2D eigenvalue weighted by molar-refractivity contribution is 6.32. The molecule has 182 valence electrons. The summed E-state index contributed by atoms with van der Waals surface area (Å²) in [5, 5.41) is 14.9. The van der Waals surface area contributed by atoms with Crippen molar-refractivity contribution in [3.63, 3.8) is 0 Å². The minimum Gasteiger partial charge on any atom is -0.496 e. The van der Waals surface area contributed by atoms with Gasteiger partial charge in [-0.15, -0.1) is 0 Å². The molecule has 4 aromatic rings. The summed E-state index contributed by atoms with van der Waals surface area (Å²) in [4.78, 5) is 25.1. The van der Waals surface area contributed by atoms with Gasteiger partial charge in [-0.3, -0.25) is 9.78 Å². The van der Waals surface area contributed by atoms with E-state index in [1.165, 1.54) is 6.33 Å². The van der Waals surface area contributed by atoms with Gasteiger partial charge in [0.25, 0.3) is 0 Å². The number of rotatable bonds is 8. The number of benzene rings is 1. The van der Waals surface area contributed by atoms with Crippen LogP contribution < -0.4 is 10.5 Å². The normalized spacial score (nSPS) is 12.2. The number of carbonyl (C=O) groups is 1. The van der Waals surface area contributed by atoms with E-state index in [-0.39, 0.29) is 24.9 Å². The summed E-state index contributed by atoms with van der Waals surface area (Å²) < 4.78 is 7.69. The number of nitrogen functional groups attached to an aromatic ring is 1. The molecule has 0 spiro atoms. The van der Waals surface area contributed by atoms with Crippen molar-refractivity contribution >= 4 is 34.2 Å². The van der Waals surface area contributed by atoms with Gasteiger partial charge in [-0.2, -0.15) is 5.10 Å². The van der Waals surface area contributed by atoms with Crippen LogP contribution in [0.5, 0.6) is 5.75 Å². The number of hydrogen-bond donors (Lipinski definition) is 2. The molecule has 1 unspecified atom stereocenters. The third-order valence-electron chi connectivity index (χ3n) is 6.12. The molecule has 9 nitrogen and oxygen atoms in total. The van der Waals surface area contributed by atoms with Crippen LogP contribution in [0.3, 0.4) is 0 Å². The number of Topliss-reactive ketones (excluding diaryl/α,β-unsaturated/α-hetero) is 1. The van der Waals surface area contributed by atoms with E-state index in [9.17, 15) is 4.79 Å². The molecule has 3 aromatic heterocycles. The van der Waals surface area contributed by atoms with Gasteiger partial charge in [-0.1, -0.05) is 17.7 Å². The smallest absolute Gasteiger partial charge is 0.181 e. The maximum atomic E-state index is 12.3. The number of hydrogen-bond acceptors (Lipinski definition) is 8. The first-order chi connectivity index (χ1) is 16.8. The molecule has 0 bridgehead atoms. The number of fused-ring (bicyclic) bond motifs is 1. The highest BCUT2D eigenvalue weighted by atomic mass is 35.5. The highest BCUT2D eigenvalue weighted by Gasteiger charge is 2.25. The van der Waals surface area contributed by atoms with Gasteiger partial charge in [0.1, 0.15) is 23.6 Å². The number of ether oxygens (including phenoxy) is 1. The van der Waals surface area contributed by atoms with Gasteiger partial charge in [0.2, 0.25) is 0 Å². The van der Waals surface area contributed by atoms with E-state index in [2.05, 4.69) is 20.1 Å². The number of halogens is 1. The van der Waals surface area contributed by atoms with E-state index in [1.807, 2.05) is 32.9 Å². The van der Waals surface area contributed by atoms with Crippen molar-refractivity contribution in [1.29, 1.82) is 0 Å². The second-order valence-corrected chi connectivity index (χ2v) is 8.73. The Bertz CT molecular complexity index is 1400. The number of aromatic nitrogens is 5. The molecular weight excluding hydrogens is 468 g/mol. The van der Waals surface area contributed by atoms with Crippen molar-refractivity contribution in [2.45, 2.75) is 39.7 Å². The zero-order chi connectivity index (χ0) is 25.3. The number of carbonyl (C=O) groups excluding carboxylic acids is 1. The minimum atomic E-state index is -0.292. The Kier molecular flexibility index (Phi) is 7.00. The number of nitrogens with zero attached hydrogens (tertiary/aromatic N) is 5. The van der Waals surface area contributed by atoms with Gasteiger partial charge < -0.3 is 15.6 Å².